The zero-order chi connectivity index (χ0) is 26.1. The van der Waals surface area contributed by atoms with Crippen molar-refractivity contribution in [2.75, 3.05) is 0 Å². The highest BCUT2D eigenvalue weighted by molar-refractivity contribution is 5.77. The standard InChI is InChI=1S/C30H36F6/c1-3-5-6-8-19-9-11-20(12-10-19)13-14-22-16-18-24-23-17-15-21(7-4-2)27(31)25(23)29(33,34)30(35,36)26(24)28(22)32/h15-20H,3-14H2,1-2H3. The molecule has 6 heteroatoms. The van der Waals surface area contributed by atoms with E-state index < -0.39 is 34.6 Å². The first-order chi connectivity index (χ1) is 17.1. The van der Waals surface area contributed by atoms with Crippen molar-refractivity contribution in [3.8, 4) is 11.1 Å². The lowest BCUT2D eigenvalue weighted by Gasteiger charge is -2.36. The van der Waals surface area contributed by atoms with Crippen LogP contribution in [0.4, 0.5) is 26.3 Å². The molecule has 198 valence electrons. The Kier molecular flexibility index (Phi) is 8.11. The summed E-state index contributed by atoms with van der Waals surface area (Å²) in [7, 11) is 0. The number of alkyl halides is 4. The first-order valence-electron chi connectivity index (χ1n) is 13.5. The van der Waals surface area contributed by atoms with Crippen LogP contribution in [0, 0.1) is 23.5 Å². The molecule has 2 aliphatic carbocycles. The normalized spacial score (nSPS) is 22.2. The Morgan fingerprint density at radius 1 is 0.639 bits per heavy atom. The van der Waals surface area contributed by atoms with Crippen LogP contribution in [0.25, 0.3) is 11.1 Å². The highest BCUT2D eigenvalue weighted by Crippen LogP contribution is 2.59. The fraction of sp³-hybridized carbons (Fsp3) is 0.600. The number of hydrogen-bond acceptors (Lipinski definition) is 0. The molecular formula is C30H36F6. The minimum absolute atomic E-state index is 0.0285. The number of halogens is 6. The van der Waals surface area contributed by atoms with Gasteiger partial charge < -0.3 is 0 Å². The van der Waals surface area contributed by atoms with Crippen molar-refractivity contribution >= 4 is 0 Å². The Bertz CT molecular complexity index is 1070. The van der Waals surface area contributed by atoms with Crippen molar-refractivity contribution in [3.05, 3.63) is 58.2 Å². The van der Waals surface area contributed by atoms with E-state index in [1.54, 1.807) is 6.92 Å². The zero-order valence-electron chi connectivity index (χ0n) is 21.2. The van der Waals surface area contributed by atoms with Gasteiger partial charge in [-0.2, -0.15) is 17.6 Å². The quantitative estimate of drug-likeness (QED) is 0.233. The van der Waals surface area contributed by atoms with Gasteiger partial charge >= 0.3 is 11.8 Å². The summed E-state index contributed by atoms with van der Waals surface area (Å²) in [6, 6.07) is 5.24. The fourth-order valence-electron chi connectivity index (χ4n) is 6.12. The number of rotatable bonds is 9. The molecule has 0 heterocycles. The molecule has 0 nitrogen and oxygen atoms in total. The Morgan fingerprint density at radius 2 is 1.11 bits per heavy atom. The van der Waals surface area contributed by atoms with E-state index in [1.807, 2.05) is 0 Å². The smallest absolute Gasteiger partial charge is 0.206 e. The van der Waals surface area contributed by atoms with Gasteiger partial charge in [0.05, 0.1) is 11.1 Å². The van der Waals surface area contributed by atoms with Crippen molar-refractivity contribution in [1.82, 2.24) is 0 Å². The lowest BCUT2D eigenvalue weighted by atomic mass is 9.76. The summed E-state index contributed by atoms with van der Waals surface area (Å²) in [6.45, 7) is 3.94. The van der Waals surface area contributed by atoms with Crippen LogP contribution in [0.5, 0.6) is 0 Å². The van der Waals surface area contributed by atoms with Gasteiger partial charge in [-0.25, -0.2) is 8.78 Å². The van der Waals surface area contributed by atoms with Crippen LogP contribution in [0.15, 0.2) is 24.3 Å². The van der Waals surface area contributed by atoms with Crippen molar-refractivity contribution in [2.45, 2.75) is 103 Å². The average Bonchev–Trinajstić information content (AvgIpc) is 2.84. The first kappa shape index (κ1) is 27.1. The third-order valence-corrected chi connectivity index (χ3v) is 8.28. The van der Waals surface area contributed by atoms with Gasteiger partial charge in [0.2, 0.25) is 0 Å². The molecule has 0 saturated heterocycles. The van der Waals surface area contributed by atoms with Gasteiger partial charge in [0.25, 0.3) is 0 Å². The van der Waals surface area contributed by atoms with Crippen LogP contribution in [0.2, 0.25) is 0 Å². The molecule has 0 atom stereocenters. The van der Waals surface area contributed by atoms with E-state index in [9.17, 15) is 4.39 Å². The second-order valence-corrected chi connectivity index (χ2v) is 10.7. The molecule has 0 N–H and O–H groups in total. The molecule has 2 aromatic rings. The van der Waals surface area contributed by atoms with E-state index in [0.717, 1.165) is 31.6 Å². The van der Waals surface area contributed by atoms with Gasteiger partial charge in [0, 0.05) is 0 Å². The van der Waals surface area contributed by atoms with Gasteiger partial charge in [0.1, 0.15) is 11.6 Å². The van der Waals surface area contributed by atoms with Crippen LogP contribution in [0.3, 0.4) is 0 Å². The summed E-state index contributed by atoms with van der Waals surface area (Å²) in [5.74, 6) is -11.2. The Labute approximate surface area is 210 Å². The third-order valence-electron chi connectivity index (χ3n) is 8.28. The molecule has 36 heavy (non-hydrogen) atoms. The molecule has 0 radical (unpaired) electrons. The molecule has 0 spiro atoms. The lowest BCUT2D eigenvalue weighted by molar-refractivity contribution is -0.227. The monoisotopic (exact) mass is 510 g/mol. The van der Waals surface area contributed by atoms with Crippen molar-refractivity contribution in [1.29, 1.82) is 0 Å². The van der Waals surface area contributed by atoms with Crippen LogP contribution >= 0.6 is 0 Å². The molecule has 2 aromatic carbocycles. The topological polar surface area (TPSA) is 0 Å². The van der Waals surface area contributed by atoms with Gasteiger partial charge in [-0.15, -0.1) is 0 Å². The predicted molar refractivity (Wildman–Crippen MR) is 131 cm³/mol. The summed E-state index contributed by atoms with van der Waals surface area (Å²) in [5, 5.41) is 0. The second kappa shape index (κ2) is 10.8. The maximum Gasteiger partial charge on any atom is 0.343 e. The molecule has 1 fully saturated rings. The molecule has 0 unspecified atom stereocenters. The Balaban J connectivity index is 1.57. The van der Waals surface area contributed by atoms with E-state index in [-0.39, 0.29) is 35.1 Å². The molecule has 0 amide bonds. The third kappa shape index (κ3) is 4.81. The van der Waals surface area contributed by atoms with Crippen LogP contribution in [-0.4, -0.2) is 0 Å². The lowest BCUT2D eigenvalue weighted by Crippen LogP contribution is -2.41. The highest BCUT2D eigenvalue weighted by atomic mass is 19.3. The van der Waals surface area contributed by atoms with Crippen molar-refractivity contribution in [2.24, 2.45) is 11.8 Å². The molecule has 0 aliphatic heterocycles. The SMILES string of the molecule is CCCCCC1CCC(CCc2ccc3c(c2F)C(F)(F)C(F)(F)c2c-3ccc(CCC)c2F)CC1. The Hall–Kier alpha value is -1.98. The minimum atomic E-state index is -4.85. The number of benzene rings is 2. The molecule has 1 saturated carbocycles. The Morgan fingerprint density at radius 3 is 1.58 bits per heavy atom. The summed E-state index contributed by atoms with van der Waals surface area (Å²) in [5.41, 5.74) is -3.34. The van der Waals surface area contributed by atoms with Crippen LogP contribution in [-0.2, 0) is 24.7 Å². The number of fused-ring (bicyclic) bond motifs is 3. The predicted octanol–water partition coefficient (Wildman–Crippen LogP) is 10.1. The maximum absolute atomic E-state index is 15.5. The van der Waals surface area contributed by atoms with Gasteiger partial charge in [0.15, 0.2) is 0 Å². The van der Waals surface area contributed by atoms with E-state index in [0.29, 0.717) is 18.8 Å². The molecule has 0 aromatic heterocycles. The maximum atomic E-state index is 15.5. The number of hydrogen-bond donors (Lipinski definition) is 0. The van der Waals surface area contributed by atoms with Crippen LogP contribution < -0.4 is 0 Å². The number of aryl methyl sites for hydroxylation is 2. The zero-order valence-corrected chi connectivity index (χ0v) is 21.2. The van der Waals surface area contributed by atoms with Crippen molar-refractivity contribution < 1.29 is 26.3 Å². The van der Waals surface area contributed by atoms with Gasteiger partial charge in [-0.3, -0.25) is 0 Å². The van der Waals surface area contributed by atoms with E-state index in [1.165, 1.54) is 49.9 Å². The van der Waals surface area contributed by atoms with Crippen LogP contribution in [0.1, 0.15) is 100 Å². The summed E-state index contributed by atoms with van der Waals surface area (Å²) >= 11 is 0. The largest absolute Gasteiger partial charge is 0.343 e. The average molecular weight is 511 g/mol. The minimum Gasteiger partial charge on any atom is -0.206 e. The van der Waals surface area contributed by atoms with E-state index in [4.69, 9.17) is 0 Å². The first-order valence-corrected chi connectivity index (χ1v) is 13.5. The summed E-state index contributed by atoms with van der Waals surface area (Å²) in [4.78, 5) is 0. The second-order valence-electron chi connectivity index (χ2n) is 10.7. The van der Waals surface area contributed by atoms with Gasteiger partial charge in [-0.05, 0) is 53.4 Å². The van der Waals surface area contributed by atoms with E-state index in [2.05, 4.69) is 6.92 Å². The summed E-state index contributed by atoms with van der Waals surface area (Å²) in [6.07, 6.45) is 10.8. The van der Waals surface area contributed by atoms with Crippen molar-refractivity contribution in [3.63, 3.8) is 0 Å². The van der Waals surface area contributed by atoms with Gasteiger partial charge in [-0.1, -0.05) is 95.9 Å². The molecular weight excluding hydrogens is 474 g/mol. The number of unbranched alkanes of at least 4 members (excludes halogenated alkanes) is 2. The summed E-state index contributed by atoms with van der Waals surface area (Å²) < 4.78 is 91.1. The molecule has 2 aliphatic rings. The molecule has 4 rings (SSSR count). The molecule has 0 bridgehead atoms. The highest BCUT2D eigenvalue weighted by Gasteiger charge is 2.65. The fourth-order valence-corrected chi connectivity index (χ4v) is 6.12. The van der Waals surface area contributed by atoms with E-state index >= 15 is 22.0 Å².